The van der Waals surface area contributed by atoms with Gasteiger partial charge in [0, 0.05) is 13.1 Å². The SMILES string of the molecule is CCCCN(C(=O)c1cccs1)c1c(N)n(CCC)c(=O)[nH]c1=O. The maximum Gasteiger partial charge on any atom is 0.330 e. The lowest BCUT2D eigenvalue weighted by Crippen LogP contribution is -2.41. The molecule has 0 radical (unpaired) electrons. The molecule has 0 aliphatic rings. The van der Waals surface area contributed by atoms with Gasteiger partial charge in [0.25, 0.3) is 11.5 Å². The number of nitrogens with one attached hydrogen (secondary N) is 1. The van der Waals surface area contributed by atoms with Crippen molar-refractivity contribution in [1.29, 1.82) is 0 Å². The Morgan fingerprint density at radius 3 is 2.67 bits per heavy atom. The number of carbonyl (C=O) groups is 1. The van der Waals surface area contributed by atoms with Crippen LogP contribution in [0.15, 0.2) is 27.1 Å². The second-order valence-corrected chi connectivity index (χ2v) is 6.38. The standard InChI is InChI=1S/C16H22N4O3S/c1-3-5-9-19(15(22)11-7-6-10-24-11)12-13(17)20(8-4-2)16(23)18-14(12)21/h6-7,10H,3-5,8-9,17H2,1-2H3,(H,18,21,23). The van der Waals surface area contributed by atoms with Gasteiger partial charge in [0.05, 0.1) is 4.88 Å². The highest BCUT2D eigenvalue weighted by atomic mass is 32.1. The van der Waals surface area contributed by atoms with Crippen molar-refractivity contribution in [3.05, 3.63) is 43.2 Å². The van der Waals surface area contributed by atoms with Gasteiger partial charge in [0.15, 0.2) is 5.69 Å². The molecule has 130 valence electrons. The maximum absolute atomic E-state index is 12.8. The summed E-state index contributed by atoms with van der Waals surface area (Å²) in [5.41, 5.74) is 4.95. The number of unbranched alkanes of at least 4 members (excludes halogenated alkanes) is 1. The first kappa shape index (κ1) is 18.0. The Morgan fingerprint density at radius 2 is 2.08 bits per heavy atom. The Kier molecular flexibility index (Phi) is 5.97. The Balaban J connectivity index is 2.57. The zero-order valence-corrected chi connectivity index (χ0v) is 14.7. The van der Waals surface area contributed by atoms with Crippen LogP contribution in [0, 0.1) is 0 Å². The number of aromatic nitrogens is 2. The van der Waals surface area contributed by atoms with Crippen LogP contribution >= 0.6 is 11.3 Å². The molecule has 2 heterocycles. The number of rotatable bonds is 7. The summed E-state index contributed by atoms with van der Waals surface area (Å²) in [5, 5.41) is 1.80. The van der Waals surface area contributed by atoms with Gasteiger partial charge >= 0.3 is 5.69 Å². The van der Waals surface area contributed by atoms with Crippen molar-refractivity contribution >= 4 is 28.7 Å². The number of aromatic amines is 1. The van der Waals surface area contributed by atoms with E-state index in [0.29, 0.717) is 24.4 Å². The molecule has 0 spiro atoms. The fourth-order valence-corrected chi connectivity index (χ4v) is 3.12. The molecule has 24 heavy (non-hydrogen) atoms. The zero-order valence-electron chi connectivity index (χ0n) is 13.9. The number of anilines is 2. The van der Waals surface area contributed by atoms with E-state index in [4.69, 9.17) is 5.73 Å². The second kappa shape index (κ2) is 7.96. The third-order valence-electron chi connectivity index (χ3n) is 3.64. The number of hydrogen-bond donors (Lipinski definition) is 2. The fraction of sp³-hybridized carbons (Fsp3) is 0.438. The van der Waals surface area contributed by atoms with E-state index in [1.54, 1.807) is 17.5 Å². The van der Waals surface area contributed by atoms with Crippen molar-refractivity contribution in [3.63, 3.8) is 0 Å². The van der Waals surface area contributed by atoms with Gasteiger partial charge in [-0.25, -0.2) is 4.79 Å². The molecule has 8 heteroatoms. The van der Waals surface area contributed by atoms with E-state index in [1.165, 1.54) is 20.8 Å². The Morgan fingerprint density at radius 1 is 1.33 bits per heavy atom. The summed E-state index contributed by atoms with van der Waals surface area (Å²) in [4.78, 5) is 41.3. The molecular weight excluding hydrogens is 328 g/mol. The predicted octanol–water partition coefficient (Wildman–Crippen LogP) is 2.04. The van der Waals surface area contributed by atoms with Crippen LogP contribution in [0.5, 0.6) is 0 Å². The quantitative estimate of drug-likeness (QED) is 0.798. The van der Waals surface area contributed by atoms with Crippen molar-refractivity contribution in [3.8, 4) is 0 Å². The van der Waals surface area contributed by atoms with E-state index >= 15 is 0 Å². The van der Waals surface area contributed by atoms with E-state index < -0.39 is 11.2 Å². The smallest absolute Gasteiger partial charge is 0.330 e. The summed E-state index contributed by atoms with van der Waals surface area (Å²) >= 11 is 1.30. The zero-order chi connectivity index (χ0) is 17.7. The molecule has 0 bridgehead atoms. The van der Waals surface area contributed by atoms with E-state index in [-0.39, 0.29) is 17.4 Å². The van der Waals surface area contributed by atoms with Crippen molar-refractivity contribution < 1.29 is 4.79 Å². The lowest BCUT2D eigenvalue weighted by molar-refractivity contribution is 0.0990. The van der Waals surface area contributed by atoms with Gasteiger partial charge in [0.2, 0.25) is 0 Å². The number of nitrogen functional groups attached to an aromatic ring is 1. The normalized spacial score (nSPS) is 10.8. The average molecular weight is 350 g/mol. The average Bonchev–Trinajstić information content (AvgIpc) is 3.08. The molecule has 7 nitrogen and oxygen atoms in total. The molecule has 0 aliphatic heterocycles. The molecule has 0 atom stereocenters. The Hall–Kier alpha value is -2.35. The second-order valence-electron chi connectivity index (χ2n) is 5.43. The monoisotopic (exact) mass is 350 g/mol. The van der Waals surface area contributed by atoms with Crippen molar-refractivity contribution in [2.24, 2.45) is 0 Å². The van der Waals surface area contributed by atoms with E-state index in [9.17, 15) is 14.4 Å². The molecule has 0 fully saturated rings. The summed E-state index contributed by atoms with van der Waals surface area (Å²) < 4.78 is 1.30. The van der Waals surface area contributed by atoms with Crippen molar-refractivity contribution in [2.45, 2.75) is 39.7 Å². The van der Waals surface area contributed by atoms with Crippen LogP contribution in [0.3, 0.4) is 0 Å². The fourth-order valence-electron chi connectivity index (χ4n) is 2.45. The van der Waals surface area contributed by atoms with Crippen LogP contribution in [0.25, 0.3) is 0 Å². The lowest BCUT2D eigenvalue weighted by Gasteiger charge is -2.24. The van der Waals surface area contributed by atoms with E-state index in [0.717, 1.165) is 12.8 Å². The first-order valence-electron chi connectivity index (χ1n) is 7.99. The summed E-state index contributed by atoms with van der Waals surface area (Å²) in [7, 11) is 0. The van der Waals surface area contributed by atoms with Gasteiger partial charge in [0.1, 0.15) is 5.82 Å². The van der Waals surface area contributed by atoms with E-state index in [2.05, 4.69) is 4.98 Å². The van der Waals surface area contributed by atoms with Crippen LogP contribution in [0.1, 0.15) is 42.8 Å². The molecule has 3 N–H and O–H groups in total. The van der Waals surface area contributed by atoms with Gasteiger partial charge < -0.3 is 5.73 Å². The van der Waals surface area contributed by atoms with Crippen LogP contribution < -0.4 is 21.9 Å². The molecule has 0 saturated heterocycles. The largest absolute Gasteiger partial charge is 0.383 e. The van der Waals surface area contributed by atoms with E-state index in [1.807, 2.05) is 13.8 Å². The predicted molar refractivity (Wildman–Crippen MR) is 96.9 cm³/mol. The first-order valence-corrected chi connectivity index (χ1v) is 8.87. The summed E-state index contributed by atoms with van der Waals surface area (Å²) in [6.45, 7) is 4.65. The Labute approximate surface area is 143 Å². The van der Waals surface area contributed by atoms with Crippen molar-refractivity contribution in [1.82, 2.24) is 9.55 Å². The van der Waals surface area contributed by atoms with Gasteiger partial charge in [-0.05, 0) is 24.3 Å². The highest BCUT2D eigenvalue weighted by Crippen LogP contribution is 2.22. The number of thiophene rings is 1. The maximum atomic E-state index is 12.8. The lowest BCUT2D eigenvalue weighted by atomic mass is 10.2. The third kappa shape index (κ3) is 3.59. The molecule has 0 aliphatic carbocycles. The minimum atomic E-state index is -0.633. The van der Waals surface area contributed by atoms with Gasteiger partial charge in [-0.3, -0.25) is 24.0 Å². The number of nitrogens with zero attached hydrogens (tertiary/aromatic N) is 2. The van der Waals surface area contributed by atoms with Crippen LogP contribution in [0.4, 0.5) is 11.5 Å². The minimum Gasteiger partial charge on any atom is -0.383 e. The van der Waals surface area contributed by atoms with Crippen molar-refractivity contribution in [2.75, 3.05) is 17.2 Å². The number of carbonyl (C=O) groups excluding carboxylic acids is 1. The Bertz CT molecular complexity index is 808. The molecule has 0 saturated carbocycles. The number of nitrogens with two attached hydrogens (primary N) is 1. The minimum absolute atomic E-state index is 0.0339. The van der Waals surface area contributed by atoms with Crippen LogP contribution in [0.2, 0.25) is 0 Å². The topological polar surface area (TPSA) is 101 Å². The molecule has 2 aromatic rings. The molecule has 2 aromatic heterocycles. The number of amides is 1. The van der Waals surface area contributed by atoms with Gasteiger partial charge in [-0.1, -0.05) is 26.3 Å². The molecule has 2 rings (SSSR count). The molecular formula is C16H22N4O3S. The molecule has 1 amide bonds. The van der Waals surface area contributed by atoms with Crippen LogP contribution in [-0.2, 0) is 6.54 Å². The first-order chi connectivity index (χ1) is 11.5. The molecule has 0 unspecified atom stereocenters. The van der Waals surface area contributed by atoms with Gasteiger partial charge in [-0.2, -0.15) is 0 Å². The third-order valence-corrected chi connectivity index (χ3v) is 4.50. The highest BCUT2D eigenvalue weighted by molar-refractivity contribution is 7.12. The number of hydrogen-bond acceptors (Lipinski definition) is 5. The summed E-state index contributed by atoms with van der Waals surface area (Å²) in [5.74, 6) is -0.246. The summed E-state index contributed by atoms with van der Waals surface area (Å²) in [6, 6.07) is 3.49. The number of H-pyrrole nitrogens is 1. The highest BCUT2D eigenvalue weighted by Gasteiger charge is 2.25. The van der Waals surface area contributed by atoms with Crippen LogP contribution in [-0.4, -0.2) is 22.0 Å². The molecule has 0 aromatic carbocycles. The van der Waals surface area contributed by atoms with Gasteiger partial charge in [-0.15, -0.1) is 11.3 Å². The summed E-state index contributed by atoms with van der Waals surface area (Å²) in [6.07, 6.45) is 2.27.